The van der Waals surface area contributed by atoms with Gasteiger partial charge in [-0.2, -0.15) is 0 Å². The van der Waals surface area contributed by atoms with E-state index in [1.165, 1.54) is 0 Å². The van der Waals surface area contributed by atoms with Crippen LogP contribution in [-0.4, -0.2) is 35.6 Å². The molecule has 2 atom stereocenters. The molecule has 0 radical (unpaired) electrons. The minimum Gasteiger partial charge on any atom is -0.497 e. The number of piperidine rings is 1. The van der Waals surface area contributed by atoms with Gasteiger partial charge in [0.2, 0.25) is 5.91 Å². The summed E-state index contributed by atoms with van der Waals surface area (Å²) < 4.78 is 7.13. The average molecular weight is 338 g/mol. The highest BCUT2D eigenvalue weighted by atomic mass is 16.5. The first-order valence-corrected chi connectivity index (χ1v) is 8.74. The van der Waals surface area contributed by atoms with Crippen LogP contribution in [0.1, 0.15) is 23.6 Å². The molecule has 5 nitrogen and oxygen atoms in total. The molecule has 2 bridgehead atoms. The third-order valence-corrected chi connectivity index (χ3v) is 5.32. The highest BCUT2D eigenvalue weighted by Crippen LogP contribution is 2.35. The summed E-state index contributed by atoms with van der Waals surface area (Å²) in [7, 11) is 1.63. The zero-order valence-electron chi connectivity index (χ0n) is 14.4. The molecule has 1 fully saturated rings. The molecule has 0 N–H and O–H groups in total. The lowest BCUT2D eigenvalue weighted by atomic mass is 9.83. The average Bonchev–Trinajstić information content (AvgIpc) is 2.62. The number of amides is 1. The number of likely N-dealkylation sites (tertiary alicyclic amines) is 1. The van der Waals surface area contributed by atoms with Crippen molar-refractivity contribution in [3.63, 3.8) is 0 Å². The Bertz CT molecular complexity index is 858. The van der Waals surface area contributed by atoms with Gasteiger partial charge in [0.05, 0.1) is 13.5 Å². The number of carbonyl (C=O) groups excluding carboxylic acids is 1. The van der Waals surface area contributed by atoms with E-state index in [1.807, 2.05) is 45.9 Å². The first-order valence-electron chi connectivity index (χ1n) is 8.74. The summed E-state index contributed by atoms with van der Waals surface area (Å²) in [6, 6.07) is 13.1. The highest BCUT2D eigenvalue weighted by Gasteiger charge is 2.36. The van der Waals surface area contributed by atoms with Crippen molar-refractivity contribution >= 4 is 5.91 Å². The van der Waals surface area contributed by atoms with E-state index in [4.69, 9.17) is 4.74 Å². The third-order valence-electron chi connectivity index (χ3n) is 5.32. The van der Waals surface area contributed by atoms with E-state index >= 15 is 0 Å². The molecule has 0 saturated carbocycles. The Balaban J connectivity index is 1.51. The molecule has 3 heterocycles. The second-order valence-electron chi connectivity index (χ2n) is 7.03. The lowest BCUT2D eigenvalue weighted by Crippen LogP contribution is -2.49. The van der Waals surface area contributed by atoms with Gasteiger partial charge in [-0.05, 0) is 36.1 Å². The molecule has 1 aromatic heterocycles. The van der Waals surface area contributed by atoms with Crippen molar-refractivity contribution in [2.75, 3.05) is 20.2 Å². The number of carbonyl (C=O) groups is 1. The molecule has 2 aliphatic heterocycles. The van der Waals surface area contributed by atoms with Crippen molar-refractivity contribution in [2.45, 2.75) is 25.3 Å². The van der Waals surface area contributed by atoms with Gasteiger partial charge in [0.25, 0.3) is 5.56 Å². The van der Waals surface area contributed by atoms with Gasteiger partial charge in [-0.25, -0.2) is 0 Å². The molecule has 2 unspecified atom stereocenters. The van der Waals surface area contributed by atoms with Crippen LogP contribution >= 0.6 is 0 Å². The molecular formula is C20H22N2O3. The maximum atomic E-state index is 12.8. The smallest absolute Gasteiger partial charge is 0.250 e. The number of pyridine rings is 1. The second kappa shape index (κ2) is 6.39. The topological polar surface area (TPSA) is 51.5 Å². The Morgan fingerprint density at radius 3 is 2.84 bits per heavy atom. The first kappa shape index (κ1) is 15.9. The maximum absolute atomic E-state index is 12.8. The number of hydrogen-bond donors (Lipinski definition) is 0. The van der Waals surface area contributed by atoms with Gasteiger partial charge >= 0.3 is 0 Å². The Labute approximate surface area is 146 Å². The minimum atomic E-state index is 0.0726. The van der Waals surface area contributed by atoms with E-state index < -0.39 is 0 Å². The van der Waals surface area contributed by atoms with Crippen LogP contribution in [0.4, 0.5) is 0 Å². The molecule has 4 rings (SSSR count). The van der Waals surface area contributed by atoms with Crippen LogP contribution in [0.3, 0.4) is 0 Å². The van der Waals surface area contributed by atoms with Crippen LogP contribution in [0.5, 0.6) is 5.75 Å². The SMILES string of the molecule is COc1cccc(CC(=O)N2CC3CC(C2)c2cccc(=O)n2C3)c1. The van der Waals surface area contributed by atoms with Gasteiger partial charge in [-0.1, -0.05) is 18.2 Å². The molecule has 0 spiro atoms. The van der Waals surface area contributed by atoms with Crippen LogP contribution in [-0.2, 0) is 17.8 Å². The van der Waals surface area contributed by atoms with E-state index in [0.29, 0.717) is 25.4 Å². The molecule has 1 saturated heterocycles. The normalized spacial score (nSPS) is 21.6. The quantitative estimate of drug-likeness (QED) is 0.861. The summed E-state index contributed by atoms with van der Waals surface area (Å²) in [5.41, 5.74) is 2.11. The summed E-state index contributed by atoms with van der Waals surface area (Å²) in [5, 5.41) is 0. The number of fused-ring (bicyclic) bond motifs is 4. The van der Waals surface area contributed by atoms with Crippen molar-refractivity contribution in [1.29, 1.82) is 0 Å². The number of nitrogens with zero attached hydrogens (tertiary/aromatic N) is 2. The number of methoxy groups -OCH3 is 1. The van der Waals surface area contributed by atoms with Gasteiger partial charge in [-0.15, -0.1) is 0 Å². The Hall–Kier alpha value is -2.56. The van der Waals surface area contributed by atoms with E-state index in [-0.39, 0.29) is 17.4 Å². The van der Waals surface area contributed by atoms with Gasteiger partial charge in [-0.3, -0.25) is 9.59 Å². The fourth-order valence-electron chi connectivity index (χ4n) is 4.17. The number of ether oxygens (including phenoxy) is 1. The van der Waals surface area contributed by atoms with Crippen molar-refractivity contribution in [1.82, 2.24) is 9.47 Å². The minimum absolute atomic E-state index is 0.0726. The summed E-state index contributed by atoms with van der Waals surface area (Å²) in [5.74, 6) is 1.54. The zero-order chi connectivity index (χ0) is 17.4. The summed E-state index contributed by atoms with van der Waals surface area (Å²) >= 11 is 0. The van der Waals surface area contributed by atoms with Crippen molar-refractivity contribution in [3.8, 4) is 5.75 Å². The van der Waals surface area contributed by atoms with Crippen molar-refractivity contribution in [2.24, 2.45) is 5.92 Å². The lowest BCUT2D eigenvalue weighted by molar-refractivity contribution is -0.133. The number of rotatable bonds is 3. The third kappa shape index (κ3) is 3.06. The summed E-state index contributed by atoms with van der Waals surface area (Å²) in [6.45, 7) is 2.15. The molecule has 25 heavy (non-hydrogen) atoms. The summed E-state index contributed by atoms with van der Waals surface area (Å²) in [4.78, 5) is 26.8. The summed E-state index contributed by atoms with van der Waals surface area (Å²) in [6.07, 6.45) is 1.45. The van der Waals surface area contributed by atoms with E-state index in [9.17, 15) is 9.59 Å². The van der Waals surface area contributed by atoms with Gasteiger partial charge in [0, 0.05) is 37.3 Å². The first-order chi connectivity index (χ1) is 12.1. The predicted molar refractivity (Wildman–Crippen MR) is 94.8 cm³/mol. The molecule has 1 amide bonds. The van der Waals surface area contributed by atoms with Crippen LogP contribution < -0.4 is 10.3 Å². The van der Waals surface area contributed by atoms with Crippen LogP contribution in [0.15, 0.2) is 47.3 Å². The monoisotopic (exact) mass is 338 g/mol. The predicted octanol–water partition coefficient (Wildman–Crippen LogP) is 2.05. The lowest BCUT2D eigenvalue weighted by Gasteiger charge is -2.42. The van der Waals surface area contributed by atoms with E-state index in [1.54, 1.807) is 13.2 Å². The number of hydrogen-bond acceptors (Lipinski definition) is 3. The van der Waals surface area contributed by atoms with Crippen molar-refractivity contribution < 1.29 is 9.53 Å². The fraction of sp³-hybridized carbons (Fsp3) is 0.400. The van der Waals surface area contributed by atoms with Crippen LogP contribution in [0, 0.1) is 5.92 Å². The highest BCUT2D eigenvalue weighted by molar-refractivity contribution is 5.79. The van der Waals surface area contributed by atoms with E-state index in [0.717, 1.165) is 30.0 Å². The fourth-order valence-corrected chi connectivity index (χ4v) is 4.17. The van der Waals surface area contributed by atoms with Gasteiger partial charge < -0.3 is 14.2 Å². The molecule has 130 valence electrons. The second-order valence-corrected chi connectivity index (χ2v) is 7.03. The molecule has 1 aromatic carbocycles. The molecular weight excluding hydrogens is 316 g/mol. The zero-order valence-corrected chi connectivity index (χ0v) is 14.4. The molecule has 2 aliphatic rings. The molecule has 2 aromatic rings. The molecule has 0 aliphatic carbocycles. The van der Waals surface area contributed by atoms with E-state index in [2.05, 4.69) is 0 Å². The Kier molecular flexibility index (Phi) is 4.07. The largest absolute Gasteiger partial charge is 0.497 e. The number of aromatic nitrogens is 1. The van der Waals surface area contributed by atoms with Gasteiger partial charge in [0.15, 0.2) is 0 Å². The van der Waals surface area contributed by atoms with Gasteiger partial charge in [0.1, 0.15) is 5.75 Å². The number of benzene rings is 1. The van der Waals surface area contributed by atoms with Crippen LogP contribution in [0.2, 0.25) is 0 Å². The molecule has 5 heteroatoms. The maximum Gasteiger partial charge on any atom is 0.250 e. The standard InChI is InChI=1S/C20H22N2O3/c1-25-17-5-2-4-14(9-17)10-20(24)21-11-15-8-16(13-21)18-6-3-7-19(23)22(18)12-15/h2-7,9,15-16H,8,10-13H2,1H3. The Morgan fingerprint density at radius 2 is 2.00 bits per heavy atom. The van der Waals surface area contributed by atoms with Crippen molar-refractivity contribution in [3.05, 3.63) is 64.1 Å². The van der Waals surface area contributed by atoms with Crippen LogP contribution in [0.25, 0.3) is 0 Å². The Morgan fingerprint density at radius 1 is 1.16 bits per heavy atom.